The first-order chi connectivity index (χ1) is 10.6. The standard InChI is InChI=1S/C15H23FN4O3/c1-10-6-19(7-11(2)23-10)13(21)9-20-8-12(5-17-20)18-14(22)15(3,4)16/h5,8,10-11H,6-7,9H2,1-4H3,(H,18,22)/t10-,11-/m0/s1. The van der Waals surface area contributed by atoms with Gasteiger partial charge in [-0.05, 0) is 27.7 Å². The average Bonchev–Trinajstić information content (AvgIpc) is 2.83. The first kappa shape index (κ1) is 17.4. The zero-order valence-electron chi connectivity index (χ0n) is 13.9. The molecule has 0 spiro atoms. The van der Waals surface area contributed by atoms with Crippen LogP contribution in [0.1, 0.15) is 27.7 Å². The molecular weight excluding hydrogens is 303 g/mol. The molecule has 8 heteroatoms. The number of carbonyl (C=O) groups excluding carboxylic acids is 2. The van der Waals surface area contributed by atoms with Crippen LogP contribution in [0.3, 0.4) is 0 Å². The van der Waals surface area contributed by atoms with Crippen molar-refractivity contribution in [2.45, 2.75) is 52.1 Å². The fourth-order valence-corrected chi connectivity index (χ4v) is 2.41. The van der Waals surface area contributed by atoms with E-state index < -0.39 is 11.6 Å². The molecule has 2 atom stereocenters. The lowest BCUT2D eigenvalue weighted by atomic mass is 10.1. The molecule has 2 heterocycles. The Hall–Kier alpha value is -1.96. The lowest BCUT2D eigenvalue weighted by Crippen LogP contribution is -2.49. The summed E-state index contributed by atoms with van der Waals surface area (Å²) in [5, 5.41) is 6.45. The molecule has 1 aliphatic rings. The Labute approximate surface area is 134 Å². The molecule has 0 unspecified atom stereocenters. The minimum atomic E-state index is -1.97. The highest BCUT2D eigenvalue weighted by molar-refractivity contribution is 5.96. The van der Waals surface area contributed by atoms with Gasteiger partial charge in [-0.15, -0.1) is 0 Å². The Morgan fingerprint density at radius 1 is 1.39 bits per heavy atom. The maximum atomic E-state index is 13.5. The minimum absolute atomic E-state index is 0.00181. The van der Waals surface area contributed by atoms with Crippen molar-refractivity contribution in [2.24, 2.45) is 0 Å². The average molecular weight is 326 g/mol. The highest BCUT2D eigenvalue weighted by Gasteiger charge is 2.28. The van der Waals surface area contributed by atoms with Crippen molar-refractivity contribution in [1.29, 1.82) is 0 Å². The molecule has 0 aromatic carbocycles. The Morgan fingerprint density at radius 3 is 2.57 bits per heavy atom. The predicted octanol–water partition coefficient (Wildman–Crippen LogP) is 1.21. The Morgan fingerprint density at radius 2 is 2.00 bits per heavy atom. The van der Waals surface area contributed by atoms with Crippen molar-refractivity contribution >= 4 is 17.5 Å². The van der Waals surface area contributed by atoms with E-state index in [2.05, 4.69) is 10.4 Å². The Balaban J connectivity index is 1.93. The largest absolute Gasteiger partial charge is 0.372 e. The summed E-state index contributed by atoms with van der Waals surface area (Å²) in [6.45, 7) is 7.36. The van der Waals surface area contributed by atoms with Gasteiger partial charge in [0.1, 0.15) is 6.54 Å². The van der Waals surface area contributed by atoms with E-state index in [1.54, 1.807) is 4.90 Å². The summed E-state index contributed by atoms with van der Waals surface area (Å²) in [5.74, 6) is -0.821. The van der Waals surface area contributed by atoms with Crippen LogP contribution in [0.2, 0.25) is 0 Å². The molecule has 0 saturated carbocycles. The van der Waals surface area contributed by atoms with Crippen molar-refractivity contribution in [3.63, 3.8) is 0 Å². The maximum absolute atomic E-state index is 13.5. The molecule has 0 bridgehead atoms. The fourth-order valence-electron chi connectivity index (χ4n) is 2.41. The molecule has 1 aromatic heterocycles. The monoisotopic (exact) mass is 326 g/mol. The van der Waals surface area contributed by atoms with Crippen LogP contribution in [0.4, 0.5) is 10.1 Å². The first-order valence-corrected chi connectivity index (χ1v) is 7.61. The molecule has 128 valence electrons. The fraction of sp³-hybridized carbons (Fsp3) is 0.667. The number of nitrogens with zero attached hydrogens (tertiary/aromatic N) is 3. The number of carbonyl (C=O) groups is 2. The summed E-state index contributed by atoms with van der Waals surface area (Å²) >= 11 is 0. The van der Waals surface area contributed by atoms with E-state index in [1.165, 1.54) is 30.9 Å². The van der Waals surface area contributed by atoms with Gasteiger partial charge in [-0.3, -0.25) is 14.3 Å². The maximum Gasteiger partial charge on any atom is 0.261 e. The van der Waals surface area contributed by atoms with Crippen LogP contribution in [0.5, 0.6) is 0 Å². The van der Waals surface area contributed by atoms with Crippen molar-refractivity contribution < 1.29 is 18.7 Å². The number of hydrogen-bond donors (Lipinski definition) is 1. The SMILES string of the molecule is C[C@H]1CN(C(=O)Cn2cc(NC(=O)C(C)(C)F)cn2)C[C@H](C)O1. The summed E-state index contributed by atoms with van der Waals surface area (Å²) in [5.41, 5.74) is -1.62. The highest BCUT2D eigenvalue weighted by Crippen LogP contribution is 2.14. The van der Waals surface area contributed by atoms with Gasteiger partial charge < -0.3 is 15.0 Å². The Kier molecular flexibility index (Phi) is 5.03. The zero-order valence-corrected chi connectivity index (χ0v) is 13.9. The smallest absolute Gasteiger partial charge is 0.261 e. The van der Waals surface area contributed by atoms with Gasteiger partial charge in [0.15, 0.2) is 5.67 Å². The van der Waals surface area contributed by atoms with Crippen molar-refractivity contribution in [2.75, 3.05) is 18.4 Å². The molecule has 1 N–H and O–H groups in total. The van der Waals surface area contributed by atoms with E-state index in [9.17, 15) is 14.0 Å². The third-order valence-corrected chi connectivity index (χ3v) is 3.50. The van der Waals surface area contributed by atoms with E-state index >= 15 is 0 Å². The van der Waals surface area contributed by atoms with E-state index in [0.29, 0.717) is 18.8 Å². The molecular formula is C15H23FN4O3. The van der Waals surface area contributed by atoms with Gasteiger partial charge in [-0.25, -0.2) is 4.39 Å². The van der Waals surface area contributed by atoms with Gasteiger partial charge in [0.25, 0.3) is 5.91 Å². The third kappa shape index (κ3) is 4.75. The summed E-state index contributed by atoms with van der Waals surface area (Å²) in [6, 6.07) is 0. The molecule has 2 rings (SSSR count). The van der Waals surface area contributed by atoms with Crippen LogP contribution in [0.25, 0.3) is 0 Å². The summed E-state index contributed by atoms with van der Waals surface area (Å²) < 4.78 is 20.5. The van der Waals surface area contributed by atoms with Crippen LogP contribution in [0.15, 0.2) is 12.4 Å². The molecule has 1 fully saturated rings. The zero-order chi connectivity index (χ0) is 17.2. The summed E-state index contributed by atoms with van der Waals surface area (Å²) in [6.07, 6.45) is 2.90. The topological polar surface area (TPSA) is 76.5 Å². The lowest BCUT2D eigenvalue weighted by Gasteiger charge is -2.35. The van der Waals surface area contributed by atoms with Gasteiger partial charge in [0, 0.05) is 19.3 Å². The van der Waals surface area contributed by atoms with Gasteiger partial charge in [-0.1, -0.05) is 0 Å². The van der Waals surface area contributed by atoms with E-state index in [-0.39, 0.29) is 24.7 Å². The second-order valence-electron chi connectivity index (χ2n) is 6.41. The van der Waals surface area contributed by atoms with Crippen LogP contribution in [-0.4, -0.2) is 57.5 Å². The number of ether oxygens (including phenoxy) is 1. The quantitative estimate of drug-likeness (QED) is 0.902. The number of morpholine rings is 1. The molecule has 1 aromatic rings. The Bertz CT molecular complexity index is 572. The number of hydrogen-bond acceptors (Lipinski definition) is 4. The summed E-state index contributed by atoms with van der Waals surface area (Å²) in [7, 11) is 0. The number of anilines is 1. The minimum Gasteiger partial charge on any atom is -0.372 e. The highest BCUT2D eigenvalue weighted by atomic mass is 19.1. The number of amides is 2. The van der Waals surface area contributed by atoms with Crippen LogP contribution >= 0.6 is 0 Å². The molecule has 23 heavy (non-hydrogen) atoms. The van der Waals surface area contributed by atoms with Gasteiger partial charge in [0.05, 0.1) is 24.1 Å². The lowest BCUT2D eigenvalue weighted by molar-refractivity contribution is -0.144. The van der Waals surface area contributed by atoms with Crippen LogP contribution < -0.4 is 5.32 Å². The van der Waals surface area contributed by atoms with Crippen molar-refractivity contribution in [3.8, 4) is 0 Å². The van der Waals surface area contributed by atoms with E-state index in [0.717, 1.165) is 0 Å². The van der Waals surface area contributed by atoms with Gasteiger partial charge in [-0.2, -0.15) is 5.10 Å². The third-order valence-electron chi connectivity index (χ3n) is 3.50. The number of halogens is 1. The number of nitrogens with one attached hydrogen (secondary N) is 1. The number of aromatic nitrogens is 2. The molecule has 0 aliphatic carbocycles. The van der Waals surface area contributed by atoms with Gasteiger partial charge in [0.2, 0.25) is 5.91 Å². The number of rotatable bonds is 4. The second-order valence-corrected chi connectivity index (χ2v) is 6.41. The second kappa shape index (κ2) is 6.66. The van der Waals surface area contributed by atoms with Crippen LogP contribution in [0, 0.1) is 0 Å². The van der Waals surface area contributed by atoms with Crippen molar-refractivity contribution in [3.05, 3.63) is 12.4 Å². The number of alkyl halides is 1. The van der Waals surface area contributed by atoms with Gasteiger partial charge >= 0.3 is 0 Å². The molecule has 1 saturated heterocycles. The molecule has 1 aliphatic heterocycles. The normalized spacial score (nSPS) is 22.0. The predicted molar refractivity (Wildman–Crippen MR) is 82.6 cm³/mol. The van der Waals surface area contributed by atoms with E-state index in [4.69, 9.17) is 4.74 Å². The summed E-state index contributed by atoms with van der Waals surface area (Å²) in [4.78, 5) is 25.6. The first-order valence-electron chi connectivity index (χ1n) is 7.61. The van der Waals surface area contributed by atoms with Crippen LogP contribution in [-0.2, 0) is 20.9 Å². The molecule has 0 radical (unpaired) electrons. The molecule has 7 nitrogen and oxygen atoms in total. The van der Waals surface area contributed by atoms with E-state index in [1.807, 2.05) is 13.8 Å². The van der Waals surface area contributed by atoms with Crippen molar-refractivity contribution in [1.82, 2.24) is 14.7 Å². The molecule has 2 amide bonds.